The molecule has 0 saturated carbocycles. The van der Waals surface area contributed by atoms with Gasteiger partial charge in [-0.3, -0.25) is 0 Å². The summed E-state index contributed by atoms with van der Waals surface area (Å²) in [6.07, 6.45) is -2.22. The van der Waals surface area contributed by atoms with Crippen LogP contribution >= 0.6 is 0 Å². The molecule has 3 atom stereocenters. The van der Waals surface area contributed by atoms with Gasteiger partial charge in [-0.15, -0.1) is 0 Å². The molecule has 8 rings (SSSR count). The van der Waals surface area contributed by atoms with Crippen LogP contribution in [0.15, 0.2) is 182 Å². The van der Waals surface area contributed by atoms with Gasteiger partial charge in [0.05, 0.1) is 0 Å². The molecule has 8 heteroatoms. The number of methoxy groups -OCH3 is 1. The van der Waals surface area contributed by atoms with Crippen LogP contribution in [0.5, 0.6) is 28.7 Å². The molecule has 0 unspecified atom stereocenters. The van der Waals surface area contributed by atoms with Crippen molar-refractivity contribution in [2.45, 2.75) is 51.2 Å². The summed E-state index contributed by atoms with van der Waals surface area (Å²) in [6, 6.07) is 58.6. The van der Waals surface area contributed by atoms with Gasteiger partial charge >= 0.3 is 5.97 Å². The van der Waals surface area contributed by atoms with Crippen LogP contribution in [0.25, 0.3) is 0 Å². The van der Waals surface area contributed by atoms with E-state index in [9.17, 15) is 4.79 Å². The first-order chi connectivity index (χ1) is 29.6. The van der Waals surface area contributed by atoms with Crippen LogP contribution in [0, 0.1) is 0 Å². The van der Waals surface area contributed by atoms with Gasteiger partial charge in [0.25, 0.3) is 0 Å². The van der Waals surface area contributed by atoms with Gasteiger partial charge in [0.2, 0.25) is 0 Å². The molecule has 0 amide bonds. The van der Waals surface area contributed by atoms with Crippen LogP contribution in [-0.2, 0) is 47.1 Å². The molecule has 0 fully saturated rings. The summed E-state index contributed by atoms with van der Waals surface area (Å²) in [5, 5.41) is 0. The smallest absolute Gasteiger partial charge is 0.340 e. The highest BCUT2D eigenvalue weighted by Crippen LogP contribution is 2.45. The Labute approximate surface area is 350 Å². The van der Waals surface area contributed by atoms with Crippen LogP contribution in [0.4, 0.5) is 0 Å². The fourth-order valence-corrected chi connectivity index (χ4v) is 7.11. The lowest BCUT2D eigenvalue weighted by atomic mass is 9.93. The van der Waals surface area contributed by atoms with Gasteiger partial charge in [-0.2, -0.15) is 0 Å². The lowest BCUT2D eigenvalue weighted by molar-refractivity contribution is -0.167. The number of esters is 1. The zero-order valence-corrected chi connectivity index (χ0v) is 33.4. The fourth-order valence-electron chi connectivity index (χ4n) is 7.11. The molecule has 0 aromatic heterocycles. The maximum absolute atomic E-state index is 14.1. The van der Waals surface area contributed by atoms with Crippen molar-refractivity contribution in [3.63, 3.8) is 0 Å². The van der Waals surface area contributed by atoms with Crippen molar-refractivity contribution in [1.82, 2.24) is 0 Å². The van der Waals surface area contributed by atoms with Gasteiger partial charge in [0.15, 0.2) is 23.7 Å². The Kier molecular flexibility index (Phi) is 13.0. The molecule has 7 aromatic rings. The zero-order valence-electron chi connectivity index (χ0n) is 33.4. The van der Waals surface area contributed by atoms with E-state index in [-0.39, 0.29) is 6.42 Å². The summed E-state index contributed by atoms with van der Waals surface area (Å²) in [4.78, 5) is 14.1. The van der Waals surface area contributed by atoms with Crippen LogP contribution in [0.2, 0.25) is 0 Å². The Hall–Kier alpha value is -7.03. The lowest BCUT2D eigenvalue weighted by Gasteiger charge is -2.35. The van der Waals surface area contributed by atoms with E-state index in [0.717, 1.165) is 33.4 Å². The second-order valence-electron chi connectivity index (χ2n) is 14.4. The van der Waals surface area contributed by atoms with Gasteiger partial charge < -0.3 is 33.2 Å². The van der Waals surface area contributed by atoms with Crippen molar-refractivity contribution < 1.29 is 38.0 Å². The quantitative estimate of drug-likeness (QED) is 0.0843. The zero-order chi connectivity index (χ0) is 40.9. The number of hydrogen-bond acceptors (Lipinski definition) is 8. The third kappa shape index (κ3) is 10.2. The van der Waals surface area contributed by atoms with Gasteiger partial charge in [-0.25, -0.2) is 4.79 Å². The highest BCUT2D eigenvalue weighted by atomic mass is 16.6. The largest absolute Gasteiger partial charge is 0.489 e. The number of rotatable bonds is 17. The molecule has 0 N–H and O–H groups in total. The lowest BCUT2D eigenvalue weighted by Crippen LogP contribution is -2.36. The predicted octanol–water partition coefficient (Wildman–Crippen LogP) is 11.0. The molecule has 1 aliphatic rings. The maximum Gasteiger partial charge on any atom is 0.340 e. The van der Waals surface area contributed by atoms with Crippen molar-refractivity contribution in [2.75, 3.05) is 7.11 Å². The Balaban J connectivity index is 1.16. The van der Waals surface area contributed by atoms with E-state index in [1.807, 2.05) is 182 Å². The Morgan fingerprint density at radius 1 is 0.550 bits per heavy atom. The molecular weight excluding hydrogens is 753 g/mol. The number of ether oxygens (including phenoxy) is 7. The summed E-state index contributed by atoms with van der Waals surface area (Å²) in [5.41, 5.74) is 6.22. The first-order valence-corrected chi connectivity index (χ1v) is 20.0. The topological polar surface area (TPSA) is 81.7 Å². The highest BCUT2D eigenvalue weighted by Gasteiger charge is 2.39. The molecule has 60 heavy (non-hydrogen) atoms. The van der Waals surface area contributed by atoms with E-state index in [2.05, 4.69) is 0 Å². The molecule has 0 spiro atoms. The average molecular weight is 799 g/mol. The minimum Gasteiger partial charge on any atom is -0.489 e. The maximum atomic E-state index is 14.1. The second kappa shape index (κ2) is 19.6. The van der Waals surface area contributed by atoms with Gasteiger partial charge in [-0.05, 0) is 39.9 Å². The minimum atomic E-state index is -0.950. The van der Waals surface area contributed by atoms with Crippen molar-refractivity contribution in [2.24, 2.45) is 0 Å². The number of carbonyl (C=O) groups excluding carboxylic acids is 1. The van der Waals surface area contributed by atoms with Crippen LogP contribution in [0.3, 0.4) is 0 Å². The first-order valence-electron chi connectivity index (χ1n) is 20.0. The minimum absolute atomic E-state index is 0.284. The number of benzene rings is 7. The van der Waals surface area contributed by atoms with E-state index in [1.165, 1.54) is 7.11 Å². The molecule has 0 saturated heterocycles. The predicted molar refractivity (Wildman–Crippen MR) is 229 cm³/mol. The summed E-state index contributed by atoms with van der Waals surface area (Å²) >= 11 is 0. The molecule has 8 nitrogen and oxygen atoms in total. The van der Waals surface area contributed by atoms with Crippen LogP contribution in [-0.4, -0.2) is 19.2 Å². The average Bonchev–Trinajstić information content (AvgIpc) is 3.30. The standard InChI is InChI=1S/C52H46O8/c1-54-51(41-25-15-6-16-26-41)52(53)60-49-32-44-46(57-35-39-21-11-4-12-22-39)30-43(55-33-37-17-7-2-8-18-37)31-47(44)59-50(49)42-27-28-45(56-34-38-19-9-3-10-20-38)48(29-42)58-36-40-23-13-5-14-24-40/h2-31,49-51H,32-36H2,1H3/t49-,50-,51+/m0/s1. The highest BCUT2D eigenvalue weighted by molar-refractivity contribution is 5.77. The number of carbonyl (C=O) groups is 1. The summed E-state index contributed by atoms with van der Waals surface area (Å²) in [7, 11) is 1.50. The molecule has 302 valence electrons. The molecule has 1 heterocycles. The van der Waals surface area contributed by atoms with Gasteiger partial charge in [-0.1, -0.05) is 158 Å². The van der Waals surface area contributed by atoms with E-state index < -0.39 is 24.3 Å². The summed E-state index contributed by atoms with van der Waals surface area (Å²) in [6.45, 7) is 1.34. The Morgan fingerprint density at radius 3 is 1.57 bits per heavy atom. The van der Waals surface area contributed by atoms with Crippen LogP contribution in [0.1, 0.15) is 51.2 Å². The molecule has 0 radical (unpaired) electrons. The molecule has 0 bridgehead atoms. The van der Waals surface area contributed by atoms with E-state index in [0.29, 0.717) is 60.7 Å². The van der Waals surface area contributed by atoms with E-state index in [4.69, 9.17) is 33.2 Å². The first kappa shape index (κ1) is 39.8. The number of hydrogen-bond donors (Lipinski definition) is 0. The number of fused-ring (bicyclic) bond motifs is 1. The normalized spacial score (nSPS) is 14.8. The van der Waals surface area contributed by atoms with E-state index >= 15 is 0 Å². The molecule has 1 aliphatic heterocycles. The SMILES string of the molecule is CO[C@@H](C(=O)O[C@H]1Cc2c(OCc3ccccc3)cc(OCc3ccccc3)cc2O[C@H]1c1ccc(OCc2ccccc2)c(OCc2ccccc2)c1)c1ccccc1. The summed E-state index contributed by atoms with van der Waals surface area (Å²) in [5.74, 6) is 2.27. The van der Waals surface area contributed by atoms with Crippen molar-refractivity contribution in [3.8, 4) is 28.7 Å². The molecular formula is C52H46O8. The van der Waals surface area contributed by atoms with Gasteiger partial charge in [0, 0.05) is 36.8 Å². The Bertz CT molecular complexity index is 2430. The van der Waals surface area contributed by atoms with Crippen LogP contribution < -0.4 is 23.7 Å². The third-order valence-corrected chi connectivity index (χ3v) is 10.2. The second-order valence-corrected chi connectivity index (χ2v) is 14.4. The van der Waals surface area contributed by atoms with Crippen molar-refractivity contribution >= 4 is 5.97 Å². The van der Waals surface area contributed by atoms with Gasteiger partial charge in [0.1, 0.15) is 49.8 Å². The van der Waals surface area contributed by atoms with E-state index in [1.54, 1.807) is 0 Å². The fraction of sp³-hybridized carbons (Fsp3) is 0.173. The molecule has 7 aromatic carbocycles. The third-order valence-electron chi connectivity index (χ3n) is 10.2. The summed E-state index contributed by atoms with van der Waals surface area (Å²) < 4.78 is 44.8. The van der Waals surface area contributed by atoms with Crippen molar-refractivity contribution in [1.29, 1.82) is 0 Å². The van der Waals surface area contributed by atoms with Crippen molar-refractivity contribution in [3.05, 3.63) is 221 Å². The Morgan fingerprint density at radius 2 is 1.03 bits per heavy atom. The molecule has 0 aliphatic carbocycles. The monoisotopic (exact) mass is 798 g/mol.